The molecule has 1 amide bonds. The highest BCUT2D eigenvalue weighted by molar-refractivity contribution is 5.88. The van der Waals surface area contributed by atoms with Crippen molar-refractivity contribution in [3.63, 3.8) is 0 Å². The van der Waals surface area contributed by atoms with Crippen LogP contribution in [0.25, 0.3) is 0 Å². The zero-order valence-corrected chi connectivity index (χ0v) is 17.1. The Morgan fingerprint density at radius 3 is 2.79 bits per heavy atom. The number of carbonyl (C=O) groups is 1. The van der Waals surface area contributed by atoms with E-state index in [1.807, 2.05) is 33.0 Å². The van der Waals surface area contributed by atoms with E-state index >= 15 is 0 Å². The lowest BCUT2D eigenvalue weighted by molar-refractivity contribution is -0.170. The van der Waals surface area contributed by atoms with E-state index in [0.29, 0.717) is 19.6 Å². The Labute approximate surface area is 167 Å². The number of amides is 1. The molecule has 1 aromatic carbocycles. The minimum absolute atomic E-state index is 0.0215. The van der Waals surface area contributed by atoms with E-state index in [1.165, 1.54) is 5.56 Å². The number of nitrogens with two attached hydrogens (primary N) is 1. The average molecular weight is 385 g/mol. The Morgan fingerprint density at radius 2 is 2.11 bits per heavy atom. The summed E-state index contributed by atoms with van der Waals surface area (Å²) in [6, 6.07) is 10.4. The summed E-state index contributed by atoms with van der Waals surface area (Å²) in [6.07, 6.45) is 6.34. The number of ether oxygens (including phenoxy) is 1. The van der Waals surface area contributed by atoms with Crippen LogP contribution in [0.15, 0.2) is 42.7 Å². The van der Waals surface area contributed by atoms with Crippen molar-refractivity contribution in [1.29, 1.82) is 0 Å². The second-order valence-corrected chi connectivity index (χ2v) is 8.15. The van der Waals surface area contributed by atoms with Crippen LogP contribution >= 0.6 is 0 Å². The van der Waals surface area contributed by atoms with Gasteiger partial charge >= 0.3 is 0 Å². The van der Waals surface area contributed by atoms with Crippen LogP contribution in [0.3, 0.4) is 0 Å². The monoisotopic (exact) mass is 384 g/mol. The van der Waals surface area contributed by atoms with Gasteiger partial charge in [-0.1, -0.05) is 44.2 Å². The first-order valence-electron chi connectivity index (χ1n) is 10.1. The summed E-state index contributed by atoms with van der Waals surface area (Å²) in [5.41, 5.74) is 6.48. The first-order chi connectivity index (χ1) is 13.4. The number of hydrogen-bond acceptors (Lipinski definition) is 4. The molecule has 6 heteroatoms. The van der Waals surface area contributed by atoms with E-state index in [1.54, 1.807) is 6.20 Å². The Bertz CT molecular complexity index is 787. The highest BCUT2D eigenvalue weighted by atomic mass is 16.5. The summed E-state index contributed by atoms with van der Waals surface area (Å²) in [7, 11) is 0. The minimum atomic E-state index is -0.905. The molecule has 152 valence electrons. The van der Waals surface area contributed by atoms with Crippen LogP contribution in [-0.2, 0) is 29.0 Å². The van der Waals surface area contributed by atoms with Crippen molar-refractivity contribution in [3.05, 3.63) is 54.1 Å². The fraction of sp³-hybridized carbons (Fsp3) is 0.545. The number of hydrogen-bond donors (Lipinski definition) is 2. The van der Waals surface area contributed by atoms with E-state index in [4.69, 9.17) is 10.5 Å². The molecule has 0 bridgehead atoms. The average Bonchev–Trinajstić information content (AvgIpc) is 3.14. The quantitative estimate of drug-likeness (QED) is 0.696. The molecule has 0 radical (unpaired) electrons. The van der Waals surface area contributed by atoms with E-state index < -0.39 is 11.0 Å². The highest BCUT2D eigenvalue weighted by Crippen LogP contribution is 2.49. The van der Waals surface area contributed by atoms with E-state index in [9.17, 15) is 4.79 Å². The third-order valence-electron chi connectivity index (χ3n) is 6.15. The lowest BCUT2D eigenvalue weighted by Crippen LogP contribution is -2.75. The van der Waals surface area contributed by atoms with Gasteiger partial charge in [-0.2, -0.15) is 0 Å². The summed E-state index contributed by atoms with van der Waals surface area (Å²) in [4.78, 5) is 17.2. The molecule has 1 fully saturated rings. The predicted octanol–water partition coefficient (Wildman–Crippen LogP) is 2.66. The van der Waals surface area contributed by atoms with E-state index in [2.05, 4.69) is 39.1 Å². The van der Waals surface area contributed by atoms with Gasteiger partial charge in [0.05, 0.1) is 12.6 Å². The SMILES string of the molecule is CCOC1CC(N)(C(=O)NCc2nccn2CCCc2ccccc2)C1(C)C. The molecule has 1 saturated carbocycles. The van der Waals surface area contributed by atoms with Crippen LogP contribution in [0.4, 0.5) is 0 Å². The molecule has 0 saturated heterocycles. The third-order valence-corrected chi connectivity index (χ3v) is 6.15. The van der Waals surface area contributed by atoms with Gasteiger partial charge in [0, 0.05) is 37.4 Å². The molecule has 6 nitrogen and oxygen atoms in total. The fourth-order valence-corrected chi connectivity index (χ4v) is 3.95. The number of rotatable bonds is 9. The van der Waals surface area contributed by atoms with Crippen molar-refractivity contribution in [2.75, 3.05) is 6.61 Å². The second kappa shape index (κ2) is 8.45. The number of benzene rings is 1. The molecule has 3 rings (SSSR count). The molecule has 1 aromatic heterocycles. The molecule has 1 aliphatic rings. The van der Waals surface area contributed by atoms with Gasteiger partial charge in [0.2, 0.25) is 5.91 Å². The molecule has 2 aromatic rings. The zero-order chi connectivity index (χ0) is 20.2. The first kappa shape index (κ1) is 20.6. The van der Waals surface area contributed by atoms with Gasteiger partial charge in [-0.15, -0.1) is 0 Å². The molecule has 2 atom stereocenters. The largest absolute Gasteiger partial charge is 0.378 e. The normalized spacial score (nSPS) is 23.2. The Balaban J connectivity index is 1.51. The minimum Gasteiger partial charge on any atom is -0.378 e. The predicted molar refractivity (Wildman–Crippen MR) is 110 cm³/mol. The number of imidazole rings is 1. The lowest BCUT2D eigenvalue weighted by Gasteiger charge is -2.57. The first-order valence-corrected chi connectivity index (χ1v) is 10.1. The van der Waals surface area contributed by atoms with Crippen molar-refractivity contribution in [2.45, 2.75) is 64.8 Å². The molecular formula is C22H32N4O2. The van der Waals surface area contributed by atoms with Crippen LogP contribution in [-0.4, -0.2) is 33.7 Å². The van der Waals surface area contributed by atoms with E-state index in [0.717, 1.165) is 25.2 Å². The van der Waals surface area contributed by atoms with Crippen molar-refractivity contribution in [1.82, 2.24) is 14.9 Å². The van der Waals surface area contributed by atoms with Crippen molar-refractivity contribution in [2.24, 2.45) is 11.1 Å². The summed E-state index contributed by atoms with van der Waals surface area (Å²) in [5.74, 6) is 0.718. The number of aromatic nitrogens is 2. The van der Waals surface area contributed by atoms with Crippen LogP contribution < -0.4 is 11.1 Å². The molecule has 0 aliphatic heterocycles. The van der Waals surface area contributed by atoms with Gasteiger partial charge in [-0.25, -0.2) is 4.98 Å². The number of nitrogens with one attached hydrogen (secondary N) is 1. The van der Waals surface area contributed by atoms with Crippen molar-refractivity contribution in [3.8, 4) is 0 Å². The molecule has 1 aliphatic carbocycles. The van der Waals surface area contributed by atoms with Gasteiger partial charge in [0.15, 0.2) is 0 Å². The van der Waals surface area contributed by atoms with Crippen LogP contribution in [0, 0.1) is 5.41 Å². The lowest BCUT2D eigenvalue weighted by atomic mass is 9.54. The van der Waals surface area contributed by atoms with E-state index in [-0.39, 0.29) is 12.0 Å². The summed E-state index contributed by atoms with van der Waals surface area (Å²) >= 11 is 0. The van der Waals surface area contributed by atoms with Gasteiger partial charge in [-0.05, 0) is 25.3 Å². The van der Waals surface area contributed by atoms with Gasteiger partial charge in [0.1, 0.15) is 11.4 Å². The molecule has 1 heterocycles. The van der Waals surface area contributed by atoms with Crippen molar-refractivity contribution < 1.29 is 9.53 Å². The zero-order valence-electron chi connectivity index (χ0n) is 17.1. The number of carbonyl (C=O) groups excluding carboxylic acids is 1. The maximum absolute atomic E-state index is 12.8. The third kappa shape index (κ3) is 3.98. The fourth-order valence-electron chi connectivity index (χ4n) is 3.95. The molecule has 2 unspecified atom stereocenters. The van der Waals surface area contributed by atoms with Gasteiger partial charge in [-0.3, -0.25) is 4.79 Å². The smallest absolute Gasteiger partial charge is 0.241 e. The highest BCUT2D eigenvalue weighted by Gasteiger charge is 2.62. The van der Waals surface area contributed by atoms with Gasteiger partial charge < -0.3 is 20.4 Å². The molecular weight excluding hydrogens is 352 g/mol. The maximum Gasteiger partial charge on any atom is 0.241 e. The van der Waals surface area contributed by atoms with Crippen LogP contribution in [0.2, 0.25) is 0 Å². The van der Waals surface area contributed by atoms with Crippen LogP contribution in [0.5, 0.6) is 0 Å². The van der Waals surface area contributed by atoms with Gasteiger partial charge in [0.25, 0.3) is 0 Å². The molecule has 0 spiro atoms. The topological polar surface area (TPSA) is 82.2 Å². The Hall–Kier alpha value is -2.18. The molecule has 28 heavy (non-hydrogen) atoms. The second-order valence-electron chi connectivity index (χ2n) is 8.15. The number of nitrogens with zero attached hydrogens (tertiary/aromatic N) is 2. The number of aryl methyl sites for hydroxylation is 2. The summed E-state index contributed by atoms with van der Waals surface area (Å²) in [6.45, 7) is 7.84. The summed E-state index contributed by atoms with van der Waals surface area (Å²) < 4.78 is 7.81. The van der Waals surface area contributed by atoms with Crippen molar-refractivity contribution >= 4 is 5.91 Å². The maximum atomic E-state index is 12.8. The summed E-state index contributed by atoms with van der Waals surface area (Å²) in [5, 5.41) is 2.99. The Morgan fingerprint density at radius 1 is 1.36 bits per heavy atom. The molecule has 3 N–H and O–H groups in total. The van der Waals surface area contributed by atoms with Crippen LogP contribution in [0.1, 0.15) is 45.0 Å². The Kier molecular flexibility index (Phi) is 6.20. The standard InChI is InChI=1S/C22H32N4O2/c1-4-28-18-15-22(23,21(18,2)3)20(27)25-16-19-24-12-14-26(19)13-8-11-17-9-6-5-7-10-17/h5-7,9-10,12,14,18H,4,8,11,13,15-16,23H2,1-3H3,(H,25,27).